The van der Waals surface area contributed by atoms with E-state index in [-0.39, 0.29) is 42.1 Å². The molecule has 1 fully saturated rings. The number of carbonyl (C=O) groups excluding carboxylic acids is 2. The predicted molar refractivity (Wildman–Crippen MR) is 143 cm³/mol. The van der Waals surface area contributed by atoms with Crippen molar-refractivity contribution in [3.63, 3.8) is 0 Å². The number of rotatable bonds is 3. The van der Waals surface area contributed by atoms with E-state index in [2.05, 4.69) is 11.2 Å². The normalized spacial score (nSPS) is 20.8. The molecular weight excluding hydrogens is 501 g/mol. The van der Waals surface area contributed by atoms with Gasteiger partial charge in [-0.3, -0.25) is 9.59 Å². The van der Waals surface area contributed by atoms with Gasteiger partial charge >= 0.3 is 0 Å². The molecule has 39 heavy (non-hydrogen) atoms. The highest BCUT2D eigenvalue weighted by molar-refractivity contribution is 5.94. The smallest absolute Gasteiger partial charge is 0.292 e. The van der Waals surface area contributed by atoms with Crippen LogP contribution in [0.25, 0.3) is 11.3 Å². The quantitative estimate of drug-likeness (QED) is 0.482. The van der Waals surface area contributed by atoms with Crippen molar-refractivity contribution in [1.82, 2.24) is 15.0 Å². The number of aromatic nitrogens is 1. The third-order valence-corrected chi connectivity index (χ3v) is 7.46. The van der Waals surface area contributed by atoms with Gasteiger partial charge in [-0.1, -0.05) is 35.5 Å². The summed E-state index contributed by atoms with van der Waals surface area (Å²) in [6.07, 6.45) is 2.91. The van der Waals surface area contributed by atoms with Crippen LogP contribution in [0.2, 0.25) is 0 Å². The number of hydrogen-bond acceptors (Lipinski definition) is 6. The molecule has 1 spiro atoms. The molecule has 0 saturated carbocycles. The van der Waals surface area contributed by atoms with Gasteiger partial charge in [0.25, 0.3) is 11.8 Å². The Balaban J connectivity index is 1.38. The van der Waals surface area contributed by atoms with Crippen molar-refractivity contribution in [2.24, 2.45) is 0 Å². The first kappa shape index (κ1) is 26.9. The summed E-state index contributed by atoms with van der Waals surface area (Å²) in [6.45, 7) is 5.32. The molecule has 8 nitrogen and oxygen atoms in total. The van der Waals surface area contributed by atoms with Crippen LogP contribution < -0.4 is 4.74 Å². The Hall–Kier alpha value is -3.72. The molecule has 2 amide bonds. The number of benzene rings is 2. The second-order valence-corrected chi connectivity index (χ2v) is 10.4. The van der Waals surface area contributed by atoms with Crippen molar-refractivity contribution < 1.29 is 28.0 Å². The van der Waals surface area contributed by atoms with Crippen LogP contribution in [0.4, 0.5) is 4.39 Å². The number of para-hydroxylation sites is 1. The second kappa shape index (κ2) is 11.6. The summed E-state index contributed by atoms with van der Waals surface area (Å²) >= 11 is 0. The van der Waals surface area contributed by atoms with Crippen LogP contribution in [0.1, 0.15) is 49.2 Å². The summed E-state index contributed by atoms with van der Waals surface area (Å²) < 4.78 is 31.9. The fraction of sp³-hybridized carbons (Fsp3) is 0.433. The van der Waals surface area contributed by atoms with Crippen molar-refractivity contribution >= 4 is 11.8 Å². The predicted octanol–water partition coefficient (Wildman–Crippen LogP) is 4.73. The molecule has 2 aliphatic heterocycles. The zero-order valence-electron chi connectivity index (χ0n) is 22.4. The van der Waals surface area contributed by atoms with E-state index in [1.165, 1.54) is 12.1 Å². The number of amides is 2. The fourth-order valence-electron chi connectivity index (χ4n) is 5.36. The molecule has 2 aliphatic rings. The standard InChI is InChI=1S/C30H34FN3O5/c1-21(2)34-16-17-37-26-13-6-3-9-22(26)10-7-8-14-30(29(34)36)20-33(15-18-38-30)28(35)27-19-25(32-39-27)23-11-4-5-12-24(23)31/h3-6,9,11-13,19,21H,7-8,10,14-18,20H2,1-2H3. The SMILES string of the molecule is CC(C)N1CCOc2ccccc2CCCCC2(CN(C(=O)c3cc(-c4ccccc4F)no3)CCO2)C1=O. The van der Waals surface area contributed by atoms with Gasteiger partial charge in [-0.25, -0.2) is 4.39 Å². The minimum Gasteiger partial charge on any atom is -0.491 e. The van der Waals surface area contributed by atoms with Gasteiger partial charge in [0.1, 0.15) is 23.9 Å². The molecule has 9 heteroatoms. The molecule has 206 valence electrons. The van der Waals surface area contributed by atoms with E-state index in [9.17, 15) is 14.0 Å². The van der Waals surface area contributed by atoms with Gasteiger partial charge in [0.2, 0.25) is 5.76 Å². The molecule has 1 atom stereocenters. The molecule has 1 unspecified atom stereocenters. The molecule has 1 aromatic heterocycles. The molecule has 2 aromatic carbocycles. The van der Waals surface area contributed by atoms with Crippen LogP contribution in [0.3, 0.4) is 0 Å². The van der Waals surface area contributed by atoms with Crippen molar-refractivity contribution in [2.45, 2.75) is 51.2 Å². The molecular formula is C30H34FN3O5. The van der Waals surface area contributed by atoms with Crippen molar-refractivity contribution in [3.8, 4) is 17.0 Å². The molecule has 0 aliphatic carbocycles. The number of fused-ring (bicyclic) bond motifs is 1. The first-order chi connectivity index (χ1) is 18.9. The van der Waals surface area contributed by atoms with E-state index in [1.807, 2.05) is 32.0 Å². The highest BCUT2D eigenvalue weighted by Crippen LogP contribution is 2.31. The molecule has 0 radical (unpaired) electrons. The van der Waals surface area contributed by atoms with Gasteiger partial charge in [-0.15, -0.1) is 0 Å². The zero-order chi connectivity index (χ0) is 27.4. The van der Waals surface area contributed by atoms with E-state index in [0.717, 1.165) is 30.6 Å². The lowest BCUT2D eigenvalue weighted by Crippen LogP contribution is -2.63. The summed E-state index contributed by atoms with van der Waals surface area (Å²) in [5.41, 5.74) is 0.468. The topological polar surface area (TPSA) is 85.1 Å². The first-order valence-electron chi connectivity index (χ1n) is 13.5. The number of aryl methyl sites for hydroxylation is 1. The van der Waals surface area contributed by atoms with Crippen LogP contribution in [-0.4, -0.2) is 71.3 Å². The number of morpholine rings is 1. The van der Waals surface area contributed by atoms with Gasteiger partial charge in [-0.2, -0.15) is 0 Å². The summed E-state index contributed by atoms with van der Waals surface area (Å²) in [5, 5.41) is 3.92. The third kappa shape index (κ3) is 5.68. The average Bonchev–Trinajstić information content (AvgIpc) is 3.43. The van der Waals surface area contributed by atoms with Gasteiger partial charge in [0, 0.05) is 24.2 Å². The van der Waals surface area contributed by atoms with Crippen LogP contribution in [0.5, 0.6) is 5.75 Å². The van der Waals surface area contributed by atoms with E-state index in [1.54, 1.807) is 28.0 Å². The lowest BCUT2D eigenvalue weighted by molar-refractivity contribution is -0.172. The average molecular weight is 536 g/mol. The maximum absolute atomic E-state index is 14.2. The molecule has 3 heterocycles. The third-order valence-electron chi connectivity index (χ3n) is 7.46. The number of halogens is 1. The number of nitrogens with zero attached hydrogens (tertiary/aromatic N) is 3. The minimum absolute atomic E-state index is 0.00312. The van der Waals surface area contributed by atoms with Crippen LogP contribution in [0, 0.1) is 5.82 Å². The Bertz CT molecular complexity index is 1330. The van der Waals surface area contributed by atoms with E-state index in [0.29, 0.717) is 26.1 Å². The summed E-state index contributed by atoms with van der Waals surface area (Å²) in [4.78, 5) is 30.9. The Morgan fingerprint density at radius 2 is 1.85 bits per heavy atom. The van der Waals surface area contributed by atoms with Crippen molar-refractivity contribution in [1.29, 1.82) is 0 Å². The summed E-state index contributed by atoms with van der Waals surface area (Å²) in [5.74, 6) is -0.139. The van der Waals surface area contributed by atoms with Gasteiger partial charge in [0.05, 0.1) is 19.7 Å². The Morgan fingerprint density at radius 3 is 2.67 bits per heavy atom. The first-order valence-corrected chi connectivity index (χ1v) is 13.5. The molecule has 3 aromatic rings. The second-order valence-electron chi connectivity index (χ2n) is 10.4. The van der Waals surface area contributed by atoms with Crippen LogP contribution >= 0.6 is 0 Å². The monoisotopic (exact) mass is 535 g/mol. The van der Waals surface area contributed by atoms with E-state index >= 15 is 0 Å². The fourth-order valence-corrected chi connectivity index (χ4v) is 5.36. The molecule has 0 N–H and O–H groups in total. The van der Waals surface area contributed by atoms with Crippen molar-refractivity contribution in [3.05, 3.63) is 71.7 Å². The Labute approximate surface area is 227 Å². The van der Waals surface area contributed by atoms with Crippen LogP contribution in [-0.2, 0) is 16.0 Å². The maximum atomic E-state index is 14.2. The number of ether oxygens (including phenoxy) is 2. The Kier molecular flexibility index (Phi) is 7.97. The van der Waals surface area contributed by atoms with Crippen molar-refractivity contribution in [2.75, 3.05) is 32.8 Å². The van der Waals surface area contributed by atoms with E-state index < -0.39 is 17.3 Å². The van der Waals surface area contributed by atoms with Gasteiger partial charge in [0.15, 0.2) is 5.60 Å². The summed E-state index contributed by atoms with van der Waals surface area (Å²) in [6, 6.07) is 15.6. The van der Waals surface area contributed by atoms with Gasteiger partial charge in [-0.05, 0) is 63.3 Å². The lowest BCUT2D eigenvalue weighted by Gasteiger charge is -2.44. The summed E-state index contributed by atoms with van der Waals surface area (Å²) in [7, 11) is 0. The number of hydrogen-bond donors (Lipinski definition) is 0. The van der Waals surface area contributed by atoms with Gasteiger partial charge < -0.3 is 23.8 Å². The Morgan fingerprint density at radius 1 is 1.05 bits per heavy atom. The molecule has 5 rings (SSSR count). The largest absolute Gasteiger partial charge is 0.491 e. The molecule has 0 bridgehead atoms. The van der Waals surface area contributed by atoms with Crippen LogP contribution in [0.15, 0.2) is 59.1 Å². The highest BCUT2D eigenvalue weighted by Gasteiger charge is 2.47. The highest BCUT2D eigenvalue weighted by atomic mass is 19.1. The van der Waals surface area contributed by atoms with E-state index in [4.69, 9.17) is 14.0 Å². The minimum atomic E-state index is -1.18. The molecule has 1 saturated heterocycles. The zero-order valence-corrected chi connectivity index (χ0v) is 22.4. The number of carbonyl (C=O) groups is 2. The maximum Gasteiger partial charge on any atom is 0.292 e. The lowest BCUT2D eigenvalue weighted by atomic mass is 9.90.